The number of carbonyl (C=O) groups is 1. The van der Waals surface area contributed by atoms with Crippen LogP contribution in [0.4, 0.5) is 4.79 Å². The Labute approximate surface area is 149 Å². The molecule has 0 amide bonds. The van der Waals surface area contributed by atoms with Crippen molar-refractivity contribution in [2.45, 2.75) is 35.3 Å². The third-order valence-corrected chi connectivity index (χ3v) is 4.69. The molecule has 0 bridgehead atoms. The van der Waals surface area contributed by atoms with Gasteiger partial charge in [-0.2, -0.15) is 0 Å². The summed E-state index contributed by atoms with van der Waals surface area (Å²) >= 11 is 1.24. The van der Waals surface area contributed by atoms with E-state index in [0.29, 0.717) is 11.6 Å². The monoisotopic (exact) mass is 368 g/mol. The van der Waals surface area contributed by atoms with E-state index in [1.165, 1.54) is 18.9 Å². The average Bonchev–Trinajstić information content (AvgIpc) is 2.62. The van der Waals surface area contributed by atoms with Crippen LogP contribution in [0.3, 0.4) is 0 Å². The molecule has 4 unspecified atom stereocenters. The standard InChI is InChI=1S/C14H20N6O4S/c1-20(2)10-7-9(8-18-19-15)23-12(11(10)24-14(21)22-3)25-13-16-5-4-6-17-13/h4-6,9-12H,7-8H2,1-3H3. The summed E-state index contributed by atoms with van der Waals surface area (Å²) in [7, 11) is 5.02. The van der Waals surface area contributed by atoms with Crippen LogP contribution < -0.4 is 0 Å². The van der Waals surface area contributed by atoms with E-state index in [0.717, 1.165) is 0 Å². The van der Waals surface area contributed by atoms with E-state index in [-0.39, 0.29) is 18.7 Å². The summed E-state index contributed by atoms with van der Waals surface area (Å²) < 4.78 is 16.1. The fourth-order valence-corrected chi connectivity index (χ4v) is 3.53. The van der Waals surface area contributed by atoms with Crippen LogP contribution in [0, 0.1) is 0 Å². The maximum absolute atomic E-state index is 11.7. The molecule has 136 valence electrons. The second kappa shape index (κ2) is 9.42. The van der Waals surface area contributed by atoms with Gasteiger partial charge in [0, 0.05) is 17.3 Å². The fourth-order valence-electron chi connectivity index (χ4n) is 2.50. The maximum Gasteiger partial charge on any atom is 0.508 e. The zero-order chi connectivity index (χ0) is 18.2. The van der Waals surface area contributed by atoms with Crippen LogP contribution >= 0.6 is 11.8 Å². The Morgan fingerprint density at radius 1 is 1.52 bits per heavy atom. The number of carbonyl (C=O) groups excluding carboxylic acids is 1. The van der Waals surface area contributed by atoms with E-state index in [9.17, 15) is 4.79 Å². The molecule has 0 aliphatic carbocycles. The third kappa shape index (κ3) is 5.46. The number of aromatic nitrogens is 2. The summed E-state index contributed by atoms with van der Waals surface area (Å²) in [6, 6.07) is 1.56. The minimum Gasteiger partial charge on any atom is -0.438 e. The van der Waals surface area contributed by atoms with E-state index in [2.05, 4.69) is 24.7 Å². The number of nitrogens with zero attached hydrogens (tertiary/aromatic N) is 6. The molecule has 10 nitrogen and oxygen atoms in total. The first-order chi connectivity index (χ1) is 12.0. The topological polar surface area (TPSA) is 123 Å². The van der Waals surface area contributed by atoms with Gasteiger partial charge in [-0.1, -0.05) is 16.9 Å². The summed E-state index contributed by atoms with van der Waals surface area (Å²) in [6.07, 6.45) is 2.10. The van der Waals surface area contributed by atoms with Crippen LogP contribution in [-0.4, -0.2) is 72.5 Å². The van der Waals surface area contributed by atoms with Gasteiger partial charge in [-0.05, 0) is 32.1 Å². The normalized spacial score (nSPS) is 25.9. The summed E-state index contributed by atoms with van der Waals surface area (Å²) in [6.45, 7) is 0.193. The number of ether oxygens (including phenoxy) is 3. The summed E-state index contributed by atoms with van der Waals surface area (Å²) in [5.74, 6) is 0. The molecule has 1 fully saturated rings. The molecule has 0 N–H and O–H groups in total. The highest BCUT2D eigenvalue weighted by Gasteiger charge is 2.43. The Hall–Kier alpha value is -2.07. The van der Waals surface area contributed by atoms with Gasteiger partial charge in [-0.15, -0.1) is 0 Å². The lowest BCUT2D eigenvalue weighted by Crippen LogP contribution is -2.55. The SMILES string of the molecule is COC(=O)OC1C(Sc2ncccn2)OC(CN=[N+]=[N-])CC1N(C)C. The van der Waals surface area contributed by atoms with E-state index in [1.807, 2.05) is 19.0 Å². The van der Waals surface area contributed by atoms with Crippen molar-refractivity contribution < 1.29 is 19.0 Å². The van der Waals surface area contributed by atoms with Crippen molar-refractivity contribution in [3.63, 3.8) is 0 Å². The zero-order valence-corrected chi connectivity index (χ0v) is 15.0. The highest BCUT2D eigenvalue weighted by atomic mass is 32.2. The van der Waals surface area contributed by atoms with Gasteiger partial charge in [0.1, 0.15) is 5.44 Å². The fraction of sp³-hybridized carbons (Fsp3) is 0.643. The van der Waals surface area contributed by atoms with E-state index in [1.54, 1.807) is 18.5 Å². The number of methoxy groups -OCH3 is 1. The van der Waals surface area contributed by atoms with Crippen molar-refractivity contribution in [1.29, 1.82) is 0 Å². The molecule has 2 rings (SSSR count). The lowest BCUT2D eigenvalue weighted by atomic mass is 9.99. The Bertz CT molecular complexity index is 613. The molecule has 0 spiro atoms. The maximum atomic E-state index is 11.7. The van der Waals surface area contributed by atoms with Crippen LogP contribution in [0.25, 0.3) is 10.4 Å². The predicted molar refractivity (Wildman–Crippen MR) is 89.9 cm³/mol. The number of likely N-dealkylation sites (N-methyl/N-ethyl adjacent to an activating group) is 1. The van der Waals surface area contributed by atoms with Crippen LogP contribution in [-0.2, 0) is 14.2 Å². The molecule has 0 aromatic carbocycles. The van der Waals surface area contributed by atoms with Gasteiger partial charge in [0.05, 0.1) is 25.8 Å². The number of azide groups is 1. The van der Waals surface area contributed by atoms with Gasteiger partial charge in [0.2, 0.25) is 0 Å². The summed E-state index contributed by atoms with van der Waals surface area (Å²) in [5.41, 5.74) is 7.99. The van der Waals surface area contributed by atoms with Crippen molar-refractivity contribution in [2.75, 3.05) is 27.7 Å². The summed E-state index contributed by atoms with van der Waals surface area (Å²) in [5, 5.41) is 4.09. The van der Waals surface area contributed by atoms with Gasteiger partial charge >= 0.3 is 6.16 Å². The Morgan fingerprint density at radius 3 is 2.84 bits per heavy atom. The lowest BCUT2D eigenvalue weighted by Gasteiger charge is -2.42. The van der Waals surface area contributed by atoms with Crippen molar-refractivity contribution in [2.24, 2.45) is 5.11 Å². The molecule has 4 atom stereocenters. The van der Waals surface area contributed by atoms with Crippen molar-refractivity contribution in [3.05, 3.63) is 28.9 Å². The molecule has 1 aromatic rings. The Morgan fingerprint density at radius 2 is 2.24 bits per heavy atom. The second-order valence-corrected chi connectivity index (χ2v) is 6.56. The average molecular weight is 368 g/mol. The molecule has 25 heavy (non-hydrogen) atoms. The predicted octanol–water partition coefficient (Wildman–Crippen LogP) is 2.08. The van der Waals surface area contributed by atoms with Crippen molar-refractivity contribution in [1.82, 2.24) is 14.9 Å². The number of hydrogen-bond acceptors (Lipinski definition) is 9. The minimum atomic E-state index is -0.784. The van der Waals surface area contributed by atoms with Gasteiger partial charge in [0.25, 0.3) is 0 Å². The summed E-state index contributed by atoms with van der Waals surface area (Å²) in [4.78, 5) is 24.7. The quantitative estimate of drug-likeness (QED) is 0.246. The number of thioether (sulfide) groups is 1. The first-order valence-electron chi connectivity index (χ1n) is 7.56. The van der Waals surface area contributed by atoms with Gasteiger partial charge in [0.15, 0.2) is 11.3 Å². The molecule has 1 aliphatic heterocycles. The van der Waals surface area contributed by atoms with Crippen molar-refractivity contribution in [3.8, 4) is 0 Å². The smallest absolute Gasteiger partial charge is 0.438 e. The van der Waals surface area contributed by atoms with Crippen LogP contribution in [0.15, 0.2) is 28.7 Å². The Balaban J connectivity index is 2.24. The molecule has 11 heteroatoms. The number of rotatable bonds is 6. The molecule has 1 aromatic heterocycles. The highest BCUT2D eigenvalue weighted by molar-refractivity contribution is 7.99. The molecular weight excluding hydrogens is 348 g/mol. The molecular formula is C14H20N6O4S. The third-order valence-electron chi connectivity index (χ3n) is 3.65. The molecule has 2 heterocycles. The van der Waals surface area contributed by atoms with E-state index >= 15 is 0 Å². The van der Waals surface area contributed by atoms with Crippen LogP contribution in [0.1, 0.15) is 6.42 Å². The van der Waals surface area contributed by atoms with Crippen LogP contribution in [0.2, 0.25) is 0 Å². The van der Waals surface area contributed by atoms with E-state index in [4.69, 9.17) is 15.0 Å². The molecule has 0 radical (unpaired) electrons. The molecule has 1 saturated heterocycles. The second-order valence-electron chi connectivity index (χ2n) is 5.49. The number of hydrogen-bond donors (Lipinski definition) is 0. The Kier molecular flexibility index (Phi) is 7.26. The van der Waals surface area contributed by atoms with Crippen molar-refractivity contribution >= 4 is 17.9 Å². The van der Waals surface area contributed by atoms with Gasteiger partial charge in [-0.3, -0.25) is 0 Å². The minimum absolute atomic E-state index is 0.145. The highest BCUT2D eigenvalue weighted by Crippen LogP contribution is 2.34. The first-order valence-corrected chi connectivity index (χ1v) is 8.44. The van der Waals surface area contributed by atoms with Crippen LogP contribution in [0.5, 0.6) is 0 Å². The lowest BCUT2D eigenvalue weighted by molar-refractivity contribution is -0.119. The molecule has 1 aliphatic rings. The molecule has 0 saturated carbocycles. The largest absolute Gasteiger partial charge is 0.508 e. The first kappa shape index (κ1) is 19.3. The van der Waals surface area contributed by atoms with E-state index < -0.39 is 17.7 Å². The van der Waals surface area contributed by atoms with Gasteiger partial charge < -0.3 is 19.1 Å². The zero-order valence-electron chi connectivity index (χ0n) is 14.2. The van der Waals surface area contributed by atoms with Gasteiger partial charge in [-0.25, -0.2) is 14.8 Å².